The predicted octanol–water partition coefficient (Wildman–Crippen LogP) is 11.9. The van der Waals surface area contributed by atoms with Gasteiger partial charge in [-0.05, 0) is 73.6 Å². The molecular formula is C44H68N2O5P+. The molecule has 2 atom stereocenters. The number of hydrogen-bond acceptors (Lipinski definition) is 7. The van der Waals surface area contributed by atoms with E-state index in [0.717, 1.165) is 38.5 Å². The van der Waals surface area contributed by atoms with Crippen LogP contribution in [0.2, 0.25) is 0 Å². The van der Waals surface area contributed by atoms with Gasteiger partial charge >= 0.3 is 8.25 Å². The lowest BCUT2D eigenvalue weighted by molar-refractivity contribution is 0.163. The smallest absolute Gasteiger partial charge is 0.479 e. The molecule has 52 heavy (non-hydrogen) atoms. The molecule has 0 saturated carbocycles. The highest BCUT2D eigenvalue weighted by molar-refractivity contribution is 7.33. The number of ether oxygens (including phenoxy) is 2. The first-order chi connectivity index (χ1) is 25.3. The second-order valence-electron chi connectivity index (χ2n) is 15.3. The number of aliphatic imine (C=N–C) groups is 2. The van der Waals surface area contributed by atoms with Crippen LogP contribution in [0.4, 0.5) is 0 Å². The van der Waals surface area contributed by atoms with Gasteiger partial charge in [-0.1, -0.05) is 127 Å². The Hall–Kier alpha value is -2.60. The van der Waals surface area contributed by atoms with Crippen LogP contribution in [0.3, 0.4) is 0 Å². The number of hydrogen-bond donors (Lipinski definition) is 0. The Balaban J connectivity index is 1.15. The van der Waals surface area contributed by atoms with E-state index in [4.69, 9.17) is 28.5 Å². The number of aryl methyl sites for hydroxylation is 4. The Morgan fingerprint density at radius 1 is 0.538 bits per heavy atom. The van der Waals surface area contributed by atoms with E-state index >= 15 is 0 Å². The van der Waals surface area contributed by atoms with Gasteiger partial charge in [0.25, 0.3) is 0 Å². The summed E-state index contributed by atoms with van der Waals surface area (Å²) < 4.78 is 35.8. The summed E-state index contributed by atoms with van der Waals surface area (Å²) in [6.07, 6.45) is 23.0. The van der Waals surface area contributed by atoms with Gasteiger partial charge in [0.05, 0.1) is 0 Å². The van der Waals surface area contributed by atoms with Gasteiger partial charge in [0.2, 0.25) is 0 Å². The molecule has 0 bridgehead atoms. The molecule has 2 aliphatic rings. The molecule has 2 aromatic rings. The van der Waals surface area contributed by atoms with Crippen molar-refractivity contribution in [2.24, 2.45) is 9.98 Å². The van der Waals surface area contributed by atoms with E-state index in [9.17, 15) is 4.57 Å². The van der Waals surface area contributed by atoms with Gasteiger partial charge in [-0.3, -0.25) is 0 Å². The zero-order valence-electron chi connectivity index (χ0n) is 33.0. The molecule has 2 heterocycles. The number of unbranched alkanes of at least 4 members (excludes halogenated alkanes) is 10. The SMILES string of the molecule is CCCCCCCCc1ccc(CCC2(CCO[P+](=O)OCCC3(CCc4ccc(CCCCCCCC)cc4)COC(C)=N3)COC(C)=N2)cc1. The summed E-state index contributed by atoms with van der Waals surface area (Å²) >= 11 is 0. The highest BCUT2D eigenvalue weighted by Crippen LogP contribution is 2.34. The minimum Gasteiger partial charge on any atom is -0.479 e. The number of rotatable bonds is 28. The summed E-state index contributed by atoms with van der Waals surface area (Å²) in [5.74, 6) is 1.41. The molecule has 2 aliphatic heterocycles. The van der Waals surface area contributed by atoms with Gasteiger partial charge in [0, 0.05) is 31.3 Å². The third kappa shape index (κ3) is 15.4. The van der Waals surface area contributed by atoms with E-state index in [1.165, 1.54) is 99.3 Å². The van der Waals surface area contributed by atoms with E-state index < -0.39 is 8.25 Å². The Morgan fingerprint density at radius 3 is 1.23 bits per heavy atom. The van der Waals surface area contributed by atoms with Crippen molar-refractivity contribution in [3.05, 3.63) is 70.8 Å². The summed E-state index contributed by atoms with van der Waals surface area (Å²) in [4.78, 5) is 9.75. The fourth-order valence-electron chi connectivity index (χ4n) is 7.41. The standard InChI is InChI=1S/C44H68N2O5P/c1-5-7-9-11-13-15-17-39-19-23-41(24-20-39)27-29-43(35-48-37(3)45-43)31-33-50-52(47)51-34-32-44(36-49-38(4)46-44)30-28-42-25-21-40(22-26-42)18-16-14-12-10-8-6-2/h19-26H,5-18,27-36H2,1-4H3/q+1. The summed E-state index contributed by atoms with van der Waals surface area (Å²) in [5.41, 5.74) is 4.71. The number of nitrogens with zero attached hydrogens (tertiary/aromatic N) is 2. The molecular weight excluding hydrogens is 667 g/mol. The second-order valence-corrected chi connectivity index (χ2v) is 16.3. The second kappa shape index (κ2) is 23.2. The molecule has 0 aliphatic carbocycles. The minimum atomic E-state index is -2.25. The molecule has 0 N–H and O–H groups in total. The van der Waals surface area contributed by atoms with Crippen LogP contribution < -0.4 is 0 Å². The molecule has 0 radical (unpaired) electrons. The third-order valence-corrected chi connectivity index (χ3v) is 11.6. The van der Waals surface area contributed by atoms with Crippen LogP contribution in [-0.2, 0) is 48.8 Å². The summed E-state index contributed by atoms with van der Waals surface area (Å²) in [6.45, 7) is 9.99. The number of benzene rings is 2. The fourth-order valence-corrected chi connectivity index (χ4v) is 7.97. The van der Waals surface area contributed by atoms with E-state index in [2.05, 4.69) is 62.4 Å². The Morgan fingerprint density at radius 2 is 0.885 bits per heavy atom. The van der Waals surface area contributed by atoms with Crippen molar-refractivity contribution in [1.82, 2.24) is 0 Å². The van der Waals surface area contributed by atoms with Crippen LogP contribution in [0.25, 0.3) is 0 Å². The van der Waals surface area contributed by atoms with Crippen LogP contribution in [0.15, 0.2) is 58.5 Å². The molecule has 4 rings (SSSR count). The van der Waals surface area contributed by atoms with Crippen LogP contribution in [0, 0.1) is 0 Å². The lowest BCUT2D eigenvalue weighted by Crippen LogP contribution is -2.31. The van der Waals surface area contributed by atoms with Crippen LogP contribution >= 0.6 is 8.25 Å². The van der Waals surface area contributed by atoms with Gasteiger partial charge in [-0.2, -0.15) is 0 Å². The van der Waals surface area contributed by atoms with Gasteiger partial charge in [-0.15, -0.1) is 9.05 Å². The zero-order chi connectivity index (χ0) is 36.9. The van der Waals surface area contributed by atoms with Crippen molar-refractivity contribution >= 4 is 20.1 Å². The molecule has 8 heteroatoms. The molecule has 7 nitrogen and oxygen atoms in total. The maximum Gasteiger partial charge on any atom is 0.697 e. The monoisotopic (exact) mass is 735 g/mol. The Bertz CT molecular complexity index is 1270. The quantitative estimate of drug-likeness (QED) is 0.0642. The van der Waals surface area contributed by atoms with E-state index in [-0.39, 0.29) is 11.1 Å². The minimum absolute atomic E-state index is 0.299. The molecule has 0 aromatic heterocycles. The highest BCUT2D eigenvalue weighted by Gasteiger charge is 2.38. The van der Waals surface area contributed by atoms with Crippen molar-refractivity contribution < 1.29 is 23.1 Å². The van der Waals surface area contributed by atoms with Gasteiger partial charge in [0.15, 0.2) is 11.8 Å². The van der Waals surface area contributed by atoms with Gasteiger partial charge in [-0.25, -0.2) is 9.98 Å². The van der Waals surface area contributed by atoms with Gasteiger partial charge < -0.3 is 9.47 Å². The fraction of sp³-hybridized carbons (Fsp3) is 0.682. The van der Waals surface area contributed by atoms with E-state index in [0.29, 0.717) is 51.1 Å². The van der Waals surface area contributed by atoms with Crippen molar-refractivity contribution in [2.45, 2.75) is 167 Å². The van der Waals surface area contributed by atoms with Crippen LogP contribution in [-0.4, -0.2) is 49.3 Å². The summed E-state index contributed by atoms with van der Waals surface area (Å²) in [6, 6.07) is 18.2. The summed E-state index contributed by atoms with van der Waals surface area (Å²) in [5, 5.41) is 0. The average molecular weight is 736 g/mol. The van der Waals surface area contributed by atoms with Crippen molar-refractivity contribution in [2.75, 3.05) is 26.4 Å². The summed E-state index contributed by atoms with van der Waals surface area (Å²) in [7, 11) is -2.25. The zero-order valence-corrected chi connectivity index (χ0v) is 33.9. The molecule has 0 saturated heterocycles. The molecule has 2 aromatic carbocycles. The lowest BCUT2D eigenvalue weighted by Gasteiger charge is -2.23. The molecule has 2 unspecified atom stereocenters. The first kappa shape index (κ1) is 42.1. The van der Waals surface area contributed by atoms with Crippen LogP contribution in [0.5, 0.6) is 0 Å². The molecule has 0 spiro atoms. The topological polar surface area (TPSA) is 78.7 Å². The average Bonchev–Trinajstić information content (AvgIpc) is 3.72. The Kier molecular flexibility index (Phi) is 18.8. The largest absolute Gasteiger partial charge is 0.697 e. The van der Waals surface area contributed by atoms with E-state index in [1.807, 2.05) is 13.8 Å². The first-order valence-corrected chi connectivity index (χ1v) is 21.7. The predicted molar refractivity (Wildman–Crippen MR) is 216 cm³/mol. The molecule has 0 fully saturated rings. The van der Waals surface area contributed by atoms with Crippen molar-refractivity contribution in [1.29, 1.82) is 0 Å². The van der Waals surface area contributed by atoms with Crippen molar-refractivity contribution in [3.8, 4) is 0 Å². The Labute approximate surface area is 316 Å². The normalized spacial score (nSPS) is 20.0. The van der Waals surface area contributed by atoms with Crippen molar-refractivity contribution in [3.63, 3.8) is 0 Å². The van der Waals surface area contributed by atoms with Gasteiger partial charge in [0.1, 0.15) is 37.5 Å². The van der Waals surface area contributed by atoms with E-state index in [1.54, 1.807) is 0 Å². The first-order valence-electron chi connectivity index (χ1n) is 20.6. The lowest BCUT2D eigenvalue weighted by atomic mass is 9.89. The third-order valence-electron chi connectivity index (χ3n) is 10.9. The molecule has 0 amide bonds. The highest BCUT2D eigenvalue weighted by atomic mass is 31.1. The molecule has 288 valence electrons. The maximum absolute atomic E-state index is 12.8. The van der Waals surface area contributed by atoms with Crippen LogP contribution in [0.1, 0.15) is 153 Å². The maximum atomic E-state index is 12.8.